The molecule has 1 amide bonds. The van der Waals surface area contributed by atoms with E-state index in [-0.39, 0.29) is 30.8 Å². The Hall–Kier alpha value is -1.14. The van der Waals surface area contributed by atoms with E-state index in [1.165, 1.54) is 0 Å². The molecule has 104 valence electrons. The van der Waals surface area contributed by atoms with Gasteiger partial charge in [-0.15, -0.1) is 0 Å². The first-order chi connectivity index (χ1) is 8.28. The van der Waals surface area contributed by atoms with Crippen LogP contribution < -0.4 is 5.32 Å². The molecule has 0 bridgehead atoms. The molecule has 0 aromatic rings. The summed E-state index contributed by atoms with van der Waals surface area (Å²) >= 11 is 0. The molecule has 0 saturated carbocycles. The van der Waals surface area contributed by atoms with E-state index in [1.807, 2.05) is 13.8 Å². The molecule has 6 nitrogen and oxygen atoms in total. The highest BCUT2D eigenvalue weighted by molar-refractivity contribution is 5.77. The first kappa shape index (κ1) is 14.9. The van der Waals surface area contributed by atoms with Crippen molar-refractivity contribution < 1.29 is 24.2 Å². The van der Waals surface area contributed by atoms with Crippen molar-refractivity contribution in [2.75, 3.05) is 13.2 Å². The van der Waals surface area contributed by atoms with Gasteiger partial charge in [-0.25, -0.2) is 0 Å². The number of ether oxygens (including phenoxy) is 2. The van der Waals surface area contributed by atoms with Gasteiger partial charge < -0.3 is 19.9 Å². The van der Waals surface area contributed by atoms with Crippen LogP contribution in [0.1, 0.15) is 33.6 Å². The van der Waals surface area contributed by atoms with Crippen LogP contribution in [-0.2, 0) is 19.1 Å². The summed E-state index contributed by atoms with van der Waals surface area (Å²) in [5, 5.41) is 11.3. The van der Waals surface area contributed by atoms with Crippen molar-refractivity contribution in [3.8, 4) is 0 Å². The van der Waals surface area contributed by atoms with Gasteiger partial charge in [-0.2, -0.15) is 0 Å². The van der Waals surface area contributed by atoms with Crippen molar-refractivity contribution in [2.24, 2.45) is 5.92 Å². The maximum atomic E-state index is 11.6. The average molecular weight is 259 g/mol. The predicted octanol–water partition coefficient (Wildman–Crippen LogP) is 0.755. The molecule has 1 rings (SSSR count). The van der Waals surface area contributed by atoms with Crippen LogP contribution in [0.4, 0.5) is 0 Å². The zero-order chi connectivity index (χ0) is 13.8. The van der Waals surface area contributed by atoms with Crippen LogP contribution >= 0.6 is 0 Å². The Labute approximate surface area is 107 Å². The number of carboxylic acid groups (broad SMARTS) is 1. The second-order valence-corrected chi connectivity index (χ2v) is 5.16. The lowest BCUT2D eigenvalue weighted by atomic mass is 10.0. The Kier molecular flexibility index (Phi) is 5.10. The van der Waals surface area contributed by atoms with Crippen LogP contribution in [0.15, 0.2) is 0 Å². The van der Waals surface area contributed by atoms with Crippen molar-refractivity contribution >= 4 is 11.9 Å². The number of amides is 1. The molecule has 1 heterocycles. The topological polar surface area (TPSA) is 84.9 Å². The molecular formula is C12H21NO5. The second kappa shape index (κ2) is 6.15. The number of carboxylic acids is 1. The summed E-state index contributed by atoms with van der Waals surface area (Å²) < 4.78 is 10.9. The van der Waals surface area contributed by atoms with Gasteiger partial charge in [0.05, 0.1) is 6.61 Å². The first-order valence-corrected chi connectivity index (χ1v) is 6.09. The van der Waals surface area contributed by atoms with Crippen molar-refractivity contribution in [1.29, 1.82) is 0 Å². The molecule has 1 aliphatic rings. The monoisotopic (exact) mass is 259 g/mol. The average Bonchev–Trinajstić information content (AvgIpc) is 2.54. The van der Waals surface area contributed by atoms with Gasteiger partial charge in [0.2, 0.25) is 5.91 Å². The second-order valence-electron chi connectivity index (χ2n) is 5.16. The summed E-state index contributed by atoms with van der Waals surface area (Å²) in [7, 11) is 0. The van der Waals surface area contributed by atoms with Crippen LogP contribution in [0.25, 0.3) is 0 Å². The number of nitrogens with one attached hydrogen (secondary N) is 1. The number of rotatable bonds is 6. The van der Waals surface area contributed by atoms with E-state index in [4.69, 9.17) is 14.6 Å². The Bertz CT molecular complexity index is 316. The summed E-state index contributed by atoms with van der Waals surface area (Å²) in [6.07, 6.45) is 0.0750. The molecule has 2 atom stereocenters. The molecule has 0 aromatic carbocycles. The SMILES string of the molecule is CC(CC(=O)O)CC(=O)NCC1COC(C)(C)O1. The van der Waals surface area contributed by atoms with Crippen LogP contribution in [-0.4, -0.2) is 42.0 Å². The Morgan fingerprint density at radius 1 is 1.44 bits per heavy atom. The van der Waals surface area contributed by atoms with E-state index in [2.05, 4.69) is 5.32 Å². The molecule has 6 heteroatoms. The zero-order valence-corrected chi connectivity index (χ0v) is 11.1. The number of carbonyl (C=O) groups excluding carboxylic acids is 1. The van der Waals surface area contributed by atoms with Gasteiger partial charge in [0.15, 0.2) is 5.79 Å². The molecule has 1 fully saturated rings. The maximum absolute atomic E-state index is 11.6. The largest absolute Gasteiger partial charge is 0.481 e. The molecule has 1 aliphatic heterocycles. The number of aliphatic carboxylic acids is 1. The predicted molar refractivity (Wildman–Crippen MR) is 63.9 cm³/mol. The van der Waals surface area contributed by atoms with Crippen molar-refractivity contribution in [2.45, 2.75) is 45.5 Å². The Morgan fingerprint density at radius 2 is 2.11 bits per heavy atom. The third-order valence-electron chi connectivity index (χ3n) is 2.65. The summed E-state index contributed by atoms with van der Waals surface area (Å²) in [6, 6.07) is 0. The lowest BCUT2D eigenvalue weighted by Gasteiger charge is -2.17. The molecule has 0 aliphatic carbocycles. The van der Waals surface area contributed by atoms with E-state index in [9.17, 15) is 9.59 Å². The quantitative estimate of drug-likeness (QED) is 0.735. The van der Waals surface area contributed by atoms with Crippen LogP contribution in [0.5, 0.6) is 0 Å². The Morgan fingerprint density at radius 3 is 2.61 bits per heavy atom. The molecule has 0 radical (unpaired) electrons. The van der Waals surface area contributed by atoms with Crippen LogP contribution in [0.3, 0.4) is 0 Å². The fraction of sp³-hybridized carbons (Fsp3) is 0.833. The number of hydrogen-bond acceptors (Lipinski definition) is 4. The third-order valence-corrected chi connectivity index (χ3v) is 2.65. The molecule has 1 saturated heterocycles. The molecule has 0 aromatic heterocycles. The number of carbonyl (C=O) groups is 2. The highest BCUT2D eigenvalue weighted by Gasteiger charge is 2.32. The minimum absolute atomic E-state index is 0.00346. The molecular weight excluding hydrogens is 238 g/mol. The molecule has 0 spiro atoms. The van der Waals surface area contributed by atoms with Crippen molar-refractivity contribution in [1.82, 2.24) is 5.32 Å². The summed E-state index contributed by atoms with van der Waals surface area (Å²) in [4.78, 5) is 22.0. The van der Waals surface area contributed by atoms with Gasteiger partial charge in [-0.1, -0.05) is 6.92 Å². The summed E-state index contributed by atoms with van der Waals surface area (Å²) in [6.45, 7) is 6.24. The van der Waals surface area contributed by atoms with E-state index in [1.54, 1.807) is 6.92 Å². The highest BCUT2D eigenvalue weighted by Crippen LogP contribution is 2.21. The molecule has 2 unspecified atom stereocenters. The minimum Gasteiger partial charge on any atom is -0.481 e. The zero-order valence-electron chi connectivity index (χ0n) is 11.1. The van der Waals surface area contributed by atoms with E-state index >= 15 is 0 Å². The van der Waals surface area contributed by atoms with Gasteiger partial charge >= 0.3 is 5.97 Å². The van der Waals surface area contributed by atoms with Crippen molar-refractivity contribution in [3.05, 3.63) is 0 Å². The van der Waals surface area contributed by atoms with Gasteiger partial charge in [-0.3, -0.25) is 9.59 Å². The lowest BCUT2D eigenvalue weighted by molar-refractivity contribution is -0.140. The summed E-state index contributed by atoms with van der Waals surface area (Å²) in [5.41, 5.74) is 0. The van der Waals surface area contributed by atoms with Gasteiger partial charge in [-0.05, 0) is 19.8 Å². The van der Waals surface area contributed by atoms with Gasteiger partial charge in [0.1, 0.15) is 6.10 Å². The fourth-order valence-corrected chi connectivity index (χ4v) is 1.85. The fourth-order valence-electron chi connectivity index (χ4n) is 1.85. The highest BCUT2D eigenvalue weighted by atomic mass is 16.7. The van der Waals surface area contributed by atoms with Crippen LogP contribution in [0, 0.1) is 5.92 Å². The lowest BCUT2D eigenvalue weighted by Crippen LogP contribution is -2.35. The van der Waals surface area contributed by atoms with E-state index in [0.29, 0.717) is 13.2 Å². The smallest absolute Gasteiger partial charge is 0.303 e. The Balaban J connectivity index is 2.19. The van der Waals surface area contributed by atoms with Crippen LogP contribution in [0.2, 0.25) is 0 Å². The summed E-state index contributed by atoms with van der Waals surface area (Å²) in [5.74, 6) is -1.80. The van der Waals surface area contributed by atoms with E-state index < -0.39 is 11.8 Å². The third kappa shape index (κ3) is 5.46. The van der Waals surface area contributed by atoms with Gasteiger partial charge in [0, 0.05) is 19.4 Å². The van der Waals surface area contributed by atoms with Gasteiger partial charge in [0.25, 0.3) is 0 Å². The van der Waals surface area contributed by atoms with E-state index in [0.717, 1.165) is 0 Å². The normalized spacial score (nSPS) is 23.6. The molecule has 2 N–H and O–H groups in total. The minimum atomic E-state index is -0.885. The number of hydrogen-bond donors (Lipinski definition) is 2. The molecule has 18 heavy (non-hydrogen) atoms. The standard InChI is InChI=1S/C12H21NO5/c1-8(5-11(15)16)4-10(14)13-6-9-7-17-12(2,3)18-9/h8-9H,4-7H2,1-3H3,(H,13,14)(H,15,16). The maximum Gasteiger partial charge on any atom is 0.303 e. The first-order valence-electron chi connectivity index (χ1n) is 6.09. The van der Waals surface area contributed by atoms with Crippen molar-refractivity contribution in [3.63, 3.8) is 0 Å².